The molecule has 1 aliphatic heterocycles. The fourth-order valence-corrected chi connectivity index (χ4v) is 3.37. The summed E-state index contributed by atoms with van der Waals surface area (Å²) in [4.78, 5) is 13.5. The average molecular weight is 277 g/mol. The van der Waals surface area contributed by atoms with Crippen molar-refractivity contribution in [1.29, 1.82) is 0 Å². The van der Waals surface area contributed by atoms with Crippen LogP contribution in [0, 0.1) is 30.5 Å². The van der Waals surface area contributed by atoms with Crippen LogP contribution in [-0.4, -0.2) is 29.1 Å². The Bertz CT molecular complexity index is 527. The minimum absolute atomic E-state index is 0.185. The molecule has 0 bridgehead atoms. The smallest absolute Gasteiger partial charge is 0.308 e. The third-order valence-electron chi connectivity index (χ3n) is 4.76. The predicted molar refractivity (Wildman–Crippen MR) is 73.8 cm³/mol. The third-order valence-corrected chi connectivity index (χ3v) is 4.76. The summed E-state index contributed by atoms with van der Waals surface area (Å²) in [6, 6.07) is 5.12. The van der Waals surface area contributed by atoms with Gasteiger partial charge in [-0.15, -0.1) is 0 Å². The number of rotatable bonds is 4. The second-order valence-corrected chi connectivity index (χ2v) is 6.16. The van der Waals surface area contributed by atoms with Gasteiger partial charge in [-0.3, -0.25) is 9.69 Å². The zero-order chi connectivity index (χ0) is 14.3. The van der Waals surface area contributed by atoms with Crippen molar-refractivity contribution in [2.45, 2.75) is 26.3 Å². The van der Waals surface area contributed by atoms with Crippen molar-refractivity contribution >= 4 is 5.97 Å². The first-order valence-corrected chi connectivity index (χ1v) is 7.25. The number of halogens is 1. The molecule has 0 radical (unpaired) electrons. The number of aliphatic carboxylic acids is 1. The fourth-order valence-electron chi connectivity index (χ4n) is 3.37. The Kier molecular flexibility index (Phi) is 3.50. The van der Waals surface area contributed by atoms with Crippen LogP contribution in [-0.2, 0) is 11.3 Å². The van der Waals surface area contributed by atoms with Gasteiger partial charge in [-0.2, -0.15) is 0 Å². The highest BCUT2D eigenvalue weighted by atomic mass is 19.1. The lowest BCUT2D eigenvalue weighted by Gasteiger charge is -2.17. The molecule has 2 aliphatic rings. The molecule has 1 saturated carbocycles. The second-order valence-electron chi connectivity index (χ2n) is 6.16. The first-order chi connectivity index (χ1) is 9.56. The van der Waals surface area contributed by atoms with Crippen molar-refractivity contribution in [1.82, 2.24) is 4.90 Å². The number of carbonyl (C=O) groups is 1. The average Bonchev–Trinajstić information content (AvgIpc) is 3.16. The van der Waals surface area contributed by atoms with Crippen LogP contribution in [0.4, 0.5) is 4.39 Å². The first-order valence-electron chi connectivity index (χ1n) is 7.25. The summed E-state index contributed by atoms with van der Waals surface area (Å²) in [5, 5.41) is 9.36. The van der Waals surface area contributed by atoms with Gasteiger partial charge in [-0.05, 0) is 48.8 Å². The second kappa shape index (κ2) is 5.17. The molecule has 1 heterocycles. The van der Waals surface area contributed by atoms with Crippen LogP contribution in [0.25, 0.3) is 0 Å². The molecule has 1 saturated heterocycles. The Morgan fingerprint density at radius 1 is 1.40 bits per heavy atom. The highest BCUT2D eigenvalue weighted by Crippen LogP contribution is 2.44. The maximum absolute atomic E-state index is 13.6. The monoisotopic (exact) mass is 277 g/mol. The lowest BCUT2D eigenvalue weighted by atomic mass is 9.92. The van der Waals surface area contributed by atoms with E-state index in [2.05, 4.69) is 4.90 Å². The minimum Gasteiger partial charge on any atom is -0.481 e. The number of carboxylic acid groups (broad SMARTS) is 1. The van der Waals surface area contributed by atoms with Gasteiger partial charge in [0.05, 0.1) is 5.92 Å². The number of hydrogen-bond acceptors (Lipinski definition) is 2. The van der Waals surface area contributed by atoms with Gasteiger partial charge in [0.25, 0.3) is 0 Å². The van der Waals surface area contributed by atoms with Crippen molar-refractivity contribution < 1.29 is 14.3 Å². The van der Waals surface area contributed by atoms with Gasteiger partial charge in [-0.1, -0.05) is 12.1 Å². The number of likely N-dealkylation sites (tertiary alicyclic amines) is 1. The highest BCUT2D eigenvalue weighted by Gasteiger charge is 2.45. The van der Waals surface area contributed by atoms with Gasteiger partial charge < -0.3 is 5.11 Å². The summed E-state index contributed by atoms with van der Waals surface area (Å²) in [7, 11) is 0. The molecule has 0 unspecified atom stereocenters. The molecule has 2 atom stereocenters. The van der Waals surface area contributed by atoms with E-state index in [1.54, 1.807) is 13.0 Å². The van der Waals surface area contributed by atoms with Crippen LogP contribution in [0.1, 0.15) is 24.0 Å². The Balaban J connectivity index is 1.72. The molecule has 0 spiro atoms. The summed E-state index contributed by atoms with van der Waals surface area (Å²) in [6.07, 6.45) is 2.34. The standard InChI is InChI=1S/C16H20FNO2/c1-10-12(3-2-4-15(10)17)7-18-8-13(11-5-6-11)14(9-18)16(19)20/h2-4,11,13-14H,5-9H2,1H3,(H,19,20)/t13-,14+/m0/s1. The molecule has 1 N–H and O–H groups in total. The number of nitrogens with zero attached hydrogens (tertiary/aromatic N) is 1. The Morgan fingerprint density at radius 2 is 2.15 bits per heavy atom. The van der Waals surface area contributed by atoms with Crippen molar-refractivity contribution in [2.24, 2.45) is 17.8 Å². The van der Waals surface area contributed by atoms with E-state index in [0.29, 0.717) is 24.6 Å². The SMILES string of the molecule is Cc1c(F)cccc1CN1C[C@@H](C(=O)O)[C@H](C2CC2)C1. The van der Waals surface area contributed by atoms with Crippen molar-refractivity contribution in [3.63, 3.8) is 0 Å². The third kappa shape index (κ3) is 2.57. The van der Waals surface area contributed by atoms with E-state index in [9.17, 15) is 14.3 Å². The molecule has 20 heavy (non-hydrogen) atoms. The van der Waals surface area contributed by atoms with Crippen molar-refractivity contribution in [3.05, 3.63) is 35.1 Å². The van der Waals surface area contributed by atoms with Gasteiger partial charge in [0.15, 0.2) is 0 Å². The molecule has 0 aromatic heterocycles. The van der Waals surface area contributed by atoms with Gasteiger partial charge >= 0.3 is 5.97 Å². The molecule has 0 amide bonds. The van der Waals surface area contributed by atoms with Gasteiger partial charge in [0.2, 0.25) is 0 Å². The lowest BCUT2D eigenvalue weighted by Crippen LogP contribution is -2.24. The minimum atomic E-state index is -0.680. The molecule has 3 nitrogen and oxygen atoms in total. The van der Waals surface area contributed by atoms with Crippen LogP contribution in [0.5, 0.6) is 0 Å². The molecule has 4 heteroatoms. The fraction of sp³-hybridized carbons (Fsp3) is 0.562. The predicted octanol–water partition coefficient (Wildman–Crippen LogP) is 2.68. The molecular weight excluding hydrogens is 257 g/mol. The number of benzene rings is 1. The van der Waals surface area contributed by atoms with Gasteiger partial charge in [0, 0.05) is 19.6 Å². The summed E-state index contributed by atoms with van der Waals surface area (Å²) in [5.41, 5.74) is 1.64. The quantitative estimate of drug-likeness (QED) is 0.920. The summed E-state index contributed by atoms with van der Waals surface area (Å²) in [5.74, 6) is -0.247. The summed E-state index contributed by atoms with van der Waals surface area (Å²) < 4.78 is 13.6. The summed E-state index contributed by atoms with van der Waals surface area (Å²) >= 11 is 0. The maximum Gasteiger partial charge on any atom is 0.308 e. The van der Waals surface area contributed by atoms with Crippen molar-refractivity contribution in [2.75, 3.05) is 13.1 Å². The first kappa shape index (κ1) is 13.6. The molecule has 3 rings (SSSR count). The number of hydrogen-bond donors (Lipinski definition) is 1. The molecular formula is C16H20FNO2. The normalized spacial score (nSPS) is 26.9. The van der Waals surface area contributed by atoms with Crippen molar-refractivity contribution in [3.8, 4) is 0 Å². The Labute approximate surface area is 118 Å². The van der Waals surface area contributed by atoms with E-state index in [-0.39, 0.29) is 17.7 Å². The largest absolute Gasteiger partial charge is 0.481 e. The van der Waals surface area contributed by atoms with E-state index in [1.807, 2.05) is 6.07 Å². The van der Waals surface area contributed by atoms with E-state index in [4.69, 9.17) is 0 Å². The molecule has 108 valence electrons. The molecule has 1 aliphatic carbocycles. The maximum atomic E-state index is 13.6. The molecule has 2 fully saturated rings. The van der Waals surface area contributed by atoms with Gasteiger partial charge in [0.1, 0.15) is 5.82 Å². The highest BCUT2D eigenvalue weighted by molar-refractivity contribution is 5.71. The van der Waals surface area contributed by atoms with Crippen LogP contribution in [0.15, 0.2) is 18.2 Å². The Hall–Kier alpha value is -1.42. The van der Waals surface area contributed by atoms with E-state index in [0.717, 1.165) is 12.1 Å². The molecule has 1 aromatic carbocycles. The van der Waals surface area contributed by atoms with E-state index < -0.39 is 5.97 Å². The van der Waals surface area contributed by atoms with Gasteiger partial charge in [-0.25, -0.2) is 4.39 Å². The van der Waals surface area contributed by atoms with E-state index in [1.165, 1.54) is 18.9 Å². The Morgan fingerprint density at radius 3 is 2.80 bits per heavy atom. The number of carboxylic acids is 1. The van der Waals surface area contributed by atoms with Crippen LogP contribution >= 0.6 is 0 Å². The topological polar surface area (TPSA) is 40.5 Å². The lowest BCUT2D eigenvalue weighted by molar-refractivity contribution is -0.142. The summed E-state index contributed by atoms with van der Waals surface area (Å²) in [6.45, 7) is 3.86. The van der Waals surface area contributed by atoms with Crippen LogP contribution < -0.4 is 0 Å². The van der Waals surface area contributed by atoms with E-state index >= 15 is 0 Å². The molecule has 1 aromatic rings. The van der Waals surface area contributed by atoms with Crippen LogP contribution in [0.3, 0.4) is 0 Å². The zero-order valence-corrected chi connectivity index (χ0v) is 11.7. The van der Waals surface area contributed by atoms with Crippen LogP contribution in [0.2, 0.25) is 0 Å². The zero-order valence-electron chi connectivity index (χ0n) is 11.7.